The summed E-state index contributed by atoms with van der Waals surface area (Å²) in [7, 11) is 1.45. The topological polar surface area (TPSA) is 126 Å². The van der Waals surface area contributed by atoms with Crippen LogP contribution in [0.3, 0.4) is 0 Å². The smallest absolute Gasteiger partial charge is 0.322 e. The van der Waals surface area contributed by atoms with Crippen molar-refractivity contribution in [3.05, 3.63) is 51.6 Å². The number of carboxylic acids is 1. The van der Waals surface area contributed by atoms with E-state index in [2.05, 4.69) is 15.5 Å². The van der Waals surface area contributed by atoms with E-state index in [0.29, 0.717) is 22.7 Å². The highest BCUT2D eigenvalue weighted by Crippen LogP contribution is 2.35. The van der Waals surface area contributed by atoms with Crippen LogP contribution in [0.4, 0.5) is 22.7 Å². The molecule has 0 aliphatic heterocycles. The summed E-state index contributed by atoms with van der Waals surface area (Å²) in [5.41, 5.74) is 2.44. The Morgan fingerprint density at radius 1 is 1.23 bits per heavy atom. The molecule has 0 unspecified atom stereocenters. The molecule has 2 rings (SSSR count). The number of carbonyl (C=O) groups is 1. The van der Waals surface area contributed by atoms with E-state index in [-0.39, 0.29) is 17.9 Å². The van der Waals surface area contributed by atoms with Gasteiger partial charge < -0.3 is 15.2 Å². The van der Waals surface area contributed by atoms with E-state index in [0.717, 1.165) is 5.56 Å². The Labute approximate surface area is 149 Å². The average Bonchev–Trinajstić information content (AvgIpc) is 2.59. The van der Waals surface area contributed by atoms with Crippen molar-refractivity contribution in [1.82, 2.24) is 0 Å². The minimum absolute atomic E-state index is 0.127. The third-order valence-corrected chi connectivity index (χ3v) is 3.54. The average molecular weight is 358 g/mol. The third kappa shape index (κ3) is 4.53. The summed E-state index contributed by atoms with van der Waals surface area (Å²) in [5.74, 6) is -0.607. The molecular weight excluding hydrogens is 340 g/mol. The van der Waals surface area contributed by atoms with Crippen molar-refractivity contribution in [1.29, 1.82) is 0 Å². The van der Waals surface area contributed by atoms with E-state index < -0.39 is 10.9 Å². The van der Waals surface area contributed by atoms with E-state index in [9.17, 15) is 14.9 Å². The van der Waals surface area contributed by atoms with Crippen molar-refractivity contribution in [3.8, 4) is 5.75 Å². The van der Waals surface area contributed by atoms with Crippen molar-refractivity contribution in [2.24, 2.45) is 10.2 Å². The Morgan fingerprint density at radius 3 is 2.54 bits per heavy atom. The molecule has 0 saturated heterocycles. The lowest BCUT2D eigenvalue weighted by molar-refractivity contribution is -0.384. The number of nitrogens with one attached hydrogen (secondary N) is 1. The number of aliphatic carboxylic acids is 1. The van der Waals surface area contributed by atoms with Crippen LogP contribution in [0.15, 0.2) is 40.6 Å². The van der Waals surface area contributed by atoms with Crippen molar-refractivity contribution < 1.29 is 19.6 Å². The Balaban J connectivity index is 2.36. The van der Waals surface area contributed by atoms with Gasteiger partial charge in [0, 0.05) is 12.1 Å². The second-order valence-corrected chi connectivity index (χ2v) is 5.54. The van der Waals surface area contributed by atoms with Gasteiger partial charge in [0.2, 0.25) is 0 Å². The Bertz CT molecular complexity index is 880. The molecule has 2 N–H and O–H groups in total. The van der Waals surface area contributed by atoms with Gasteiger partial charge in [-0.05, 0) is 37.1 Å². The van der Waals surface area contributed by atoms with E-state index >= 15 is 0 Å². The normalized spacial score (nSPS) is 10.7. The molecule has 0 aromatic heterocycles. The molecule has 0 spiro atoms. The summed E-state index contributed by atoms with van der Waals surface area (Å²) in [6.07, 6.45) is 0. The molecule has 0 atom stereocenters. The first kappa shape index (κ1) is 18.8. The number of hydrogen-bond donors (Lipinski definition) is 2. The quantitative estimate of drug-likeness (QED) is 0.435. The maximum atomic E-state index is 11.2. The molecule has 0 radical (unpaired) electrons. The van der Waals surface area contributed by atoms with Crippen molar-refractivity contribution in [2.45, 2.75) is 13.8 Å². The Morgan fingerprint density at radius 2 is 1.92 bits per heavy atom. The lowest BCUT2D eigenvalue weighted by Gasteiger charge is -2.12. The van der Waals surface area contributed by atoms with E-state index in [1.165, 1.54) is 19.2 Å². The fourth-order valence-corrected chi connectivity index (χ4v) is 2.23. The highest BCUT2D eigenvalue weighted by atomic mass is 16.6. The van der Waals surface area contributed by atoms with Gasteiger partial charge in [0.1, 0.15) is 12.3 Å². The summed E-state index contributed by atoms with van der Waals surface area (Å²) < 4.78 is 5.24. The van der Waals surface area contributed by atoms with Gasteiger partial charge in [-0.3, -0.25) is 14.9 Å². The number of aryl methyl sites for hydroxylation is 2. The van der Waals surface area contributed by atoms with Gasteiger partial charge in [-0.25, -0.2) is 0 Å². The molecule has 0 heterocycles. The maximum Gasteiger partial charge on any atom is 0.322 e. The SMILES string of the molecule is COc1cc(N=Nc2ccc(C)cc2[N+](=O)[O-])c(C)cc1NCC(=O)O. The molecule has 0 aliphatic rings. The number of methoxy groups -OCH3 is 1. The maximum absolute atomic E-state index is 11.2. The number of nitrogens with zero attached hydrogens (tertiary/aromatic N) is 3. The number of hydrogen-bond acceptors (Lipinski definition) is 7. The summed E-state index contributed by atoms with van der Waals surface area (Å²) >= 11 is 0. The van der Waals surface area contributed by atoms with Crippen LogP contribution in [0, 0.1) is 24.0 Å². The summed E-state index contributed by atoms with van der Waals surface area (Å²) in [5, 5.41) is 30.8. The molecule has 136 valence electrons. The zero-order valence-electron chi connectivity index (χ0n) is 14.5. The lowest BCUT2D eigenvalue weighted by atomic mass is 10.1. The molecule has 26 heavy (non-hydrogen) atoms. The van der Waals surface area contributed by atoms with E-state index in [1.54, 1.807) is 32.0 Å². The summed E-state index contributed by atoms with van der Waals surface area (Å²) in [4.78, 5) is 21.3. The van der Waals surface area contributed by atoms with Gasteiger partial charge in [-0.1, -0.05) is 6.07 Å². The second kappa shape index (κ2) is 8.06. The zero-order valence-corrected chi connectivity index (χ0v) is 14.5. The van der Waals surface area contributed by atoms with Gasteiger partial charge >= 0.3 is 5.97 Å². The summed E-state index contributed by atoms with van der Waals surface area (Å²) in [6, 6.07) is 7.95. The van der Waals surface area contributed by atoms with Crippen LogP contribution in [0.25, 0.3) is 0 Å². The number of rotatable bonds is 7. The Kier molecular flexibility index (Phi) is 5.84. The van der Waals surface area contributed by atoms with Crippen molar-refractivity contribution >= 4 is 28.7 Å². The number of carboxylic acid groups (broad SMARTS) is 1. The van der Waals surface area contributed by atoms with Crippen LogP contribution in [0.2, 0.25) is 0 Å². The fourth-order valence-electron chi connectivity index (χ4n) is 2.23. The summed E-state index contributed by atoms with van der Waals surface area (Å²) in [6.45, 7) is 3.27. The predicted molar refractivity (Wildman–Crippen MR) is 95.9 cm³/mol. The third-order valence-electron chi connectivity index (χ3n) is 3.54. The number of nitro benzene ring substituents is 1. The predicted octanol–water partition coefficient (Wildman–Crippen LogP) is 4.13. The first-order chi connectivity index (χ1) is 12.3. The number of nitro groups is 1. The lowest BCUT2D eigenvalue weighted by Crippen LogP contribution is -2.13. The Hall–Kier alpha value is -3.49. The van der Waals surface area contributed by atoms with Crippen LogP contribution >= 0.6 is 0 Å². The van der Waals surface area contributed by atoms with Crippen LogP contribution in [-0.4, -0.2) is 29.7 Å². The molecule has 0 fully saturated rings. The minimum atomic E-state index is -1.000. The molecule has 0 bridgehead atoms. The zero-order chi connectivity index (χ0) is 19.3. The number of ether oxygens (including phenoxy) is 1. The highest BCUT2D eigenvalue weighted by Gasteiger charge is 2.14. The molecular formula is C17H18N4O5. The van der Waals surface area contributed by atoms with Crippen LogP contribution in [0.1, 0.15) is 11.1 Å². The molecule has 2 aromatic rings. The first-order valence-electron chi connectivity index (χ1n) is 7.63. The van der Waals surface area contributed by atoms with Gasteiger partial charge in [0.15, 0.2) is 5.69 Å². The molecule has 9 heteroatoms. The molecule has 0 amide bonds. The standard InChI is InChI=1S/C17H18N4O5/c1-10-4-5-12(15(6-10)21(24)25)19-20-13-8-16(26-3)14(7-11(13)2)18-9-17(22)23/h4-8,18H,9H2,1-3H3,(H,22,23). The van der Waals surface area contributed by atoms with E-state index in [4.69, 9.17) is 9.84 Å². The van der Waals surface area contributed by atoms with E-state index in [1.807, 2.05) is 0 Å². The van der Waals surface area contributed by atoms with Gasteiger partial charge in [-0.15, -0.1) is 10.2 Å². The van der Waals surface area contributed by atoms with Crippen LogP contribution in [0.5, 0.6) is 5.75 Å². The minimum Gasteiger partial charge on any atom is -0.495 e. The van der Waals surface area contributed by atoms with Crippen LogP contribution in [-0.2, 0) is 4.79 Å². The van der Waals surface area contributed by atoms with Gasteiger partial charge in [0.25, 0.3) is 5.69 Å². The number of anilines is 1. The van der Waals surface area contributed by atoms with Crippen molar-refractivity contribution in [2.75, 3.05) is 19.0 Å². The van der Waals surface area contributed by atoms with Gasteiger partial charge in [0.05, 0.1) is 23.4 Å². The van der Waals surface area contributed by atoms with Crippen LogP contribution < -0.4 is 10.1 Å². The molecule has 2 aromatic carbocycles. The fraction of sp³-hybridized carbons (Fsp3) is 0.235. The molecule has 0 saturated carbocycles. The first-order valence-corrected chi connectivity index (χ1v) is 7.63. The number of azo groups is 1. The van der Waals surface area contributed by atoms with Gasteiger partial charge in [-0.2, -0.15) is 0 Å². The highest BCUT2D eigenvalue weighted by molar-refractivity contribution is 5.75. The number of benzene rings is 2. The van der Waals surface area contributed by atoms with Crippen molar-refractivity contribution in [3.63, 3.8) is 0 Å². The monoisotopic (exact) mass is 358 g/mol. The largest absolute Gasteiger partial charge is 0.495 e. The molecule has 0 aliphatic carbocycles. The molecule has 9 nitrogen and oxygen atoms in total. The second-order valence-electron chi connectivity index (χ2n) is 5.54.